The summed E-state index contributed by atoms with van der Waals surface area (Å²) in [7, 11) is -3.00. The largest absolute Gasteiger partial charge is 0.301 e. The third kappa shape index (κ3) is 5.52. The van der Waals surface area contributed by atoms with E-state index in [1.54, 1.807) is 16.8 Å². The van der Waals surface area contributed by atoms with Crippen LogP contribution >= 0.6 is 34.8 Å². The Bertz CT molecular complexity index is 1390. The lowest BCUT2D eigenvalue weighted by Crippen LogP contribution is -2.50. The number of hydrogen-bond donors (Lipinski definition) is 1. The first kappa shape index (κ1) is 24.6. The van der Waals surface area contributed by atoms with E-state index in [0.29, 0.717) is 45.4 Å². The summed E-state index contributed by atoms with van der Waals surface area (Å²) in [5, 5.41) is 8.51. The Balaban J connectivity index is 1.61. The van der Waals surface area contributed by atoms with E-state index in [0.717, 1.165) is 29.7 Å². The highest BCUT2D eigenvalue weighted by atomic mass is 35.5. The van der Waals surface area contributed by atoms with Gasteiger partial charge in [-0.1, -0.05) is 46.9 Å². The number of hydrazine groups is 1. The van der Waals surface area contributed by atoms with Gasteiger partial charge in [-0.3, -0.25) is 4.99 Å². The summed E-state index contributed by atoms with van der Waals surface area (Å²) in [5.41, 5.74) is 7.42. The molecule has 1 aromatic heterocycles. The molecule has 2 heterocycles. The van der Waals surface area contributed by atoms with Crippen molar-refractivity contribution >= 4 is 50.5 Å². The van der Waals surface area contributed by atoms with Crippen molar-refractivity contribution in [3.8, 4) is 16.9 Å². The van der Waals surface area contributed by atoms with Gasteiger partial charge < -0.3 is 5.43 Å². The average molecular weight is 553 g/mol. The molecule has 1 saturated heterocycles. The molecule has 5 rings (SSSR count). The lowest BCUT2D eigenvalue weighted by molar-refractivity contribution is 0.255. The first-order chi connectivity index (χ1) is 16.7. The van der Waals surface area contributed by atoms with Crippen LogP contribution in [0.15, 0.2) is 47.5 Å². The summed E-state index contributed by atoms with van der Waals surface area (Å²) >= 11 is 18.9. The fraction of sp³-hybridized carbons (Fsp3) is 0.333. The monoisotopic (exact) mass is 551 g/mol. The molecule has 1 aliphatic carbocycles. The summed E-state index contributed by atoms with van der Waals surface area (Å²) in [6, 6.07) is 13.1. The van der Waals surface area contributed by atoms with Crippen LogP contribution in [0.25, 0.3) is 16.9 Å². The molecule has 0 atom stereocenters. The van der Waals surface area contributed by atoms with Crippen molar-refractivity contribution in [2.45, 2.75) is 25.8 Å². The van der Waals surface area contributed by atoms with Crippen LogP contribution in [0.2, 0.25) is 15.1 Å². The van der Waals surface area contributed by atoms with Crippen LogP contribution < -0.4 is 5.43 Å². The van der Waals surface area contributed by atoms with Gasteiger partial charge in [0.25, 0.3) is 0 Å². The van der Waals surface area contributed by atoms with Crippen LogP contribution in [0.1, 0.15) is 24.1 Å². The van der Waals surface area contributed by atoms with Gasteiger partial charge in [-0.25, -0.2) is 18.1 Å². The van der Waals surface area contributed by atoms with E-state index in [1.165, 1.54) is 0 Å². The zero-order chi connectivity index (χ0) is 24.7. The third-order valence-corrected chi connectivity index (χ3v) is 8.47. The number of benzene rings is 2. The maximum absolute atomic E-state index is 11.9. The highest BCUT2D eigenvalue weighted by molar-refractivity contribution is 7.91. The van der Waals surface area contributed by atoms with Crippen LogP contribution in [0.4, 0.5) is 0 Å². The molecule has 0 bridgehead atoms. The van der Waals surface area contributed by atoms with E-state index in [1.807, 2.05) is 42.3 Å². The Hall–Kier alpha value is -2.10. The molecule has 7 nitrogen and oxygen atoms in total. The summed E-state index contributed by atoms with van der Waals surface area (Å²) in [4.78, 5) is 4.91. The Kier molecular flexibility index (Phi) is 6.85. The number of aromatic nitrogens is 2. The van der Waals surface area contributed by atoms with Crippen molar-refractivity contribution < 1.29 is 8.42 Å². The maximum atomic E-state index is 11.9. The Labute approximate surface area is 219 Å². The molecular weight excluding hydrogens is 529 g/mol. The highest BCUT2D eigenvalue weighted by Crippen LogP contribution is 2.34. The molecule has 11 heteroatoms. The SMILES string of the molecule is Cc1c(C(=NC2CC2)NN2CCS(=O)(=O)CC2)nn(-c2ccc(Cl)cc2Cl)c1-c1ccc(Cl)cc1. The van der Waals surface area contributed by atoms with E-state index in [-0.39, 0.29) is 17.5 Å². The molecule has 2 aliphatic rings. The van der Waals surface area contributed by atoms with Crippen molar-refractivity contribution in [2.75, 3.05) is 24.6 Å². The second-order valence-corrected chi connectivity index (χ2v) is 12.4. The number of nitrogens with one attached hydrogen (secondary N) is 1. The summed E-state index contributed by atoms with van der Waals surface area (Å²) in [6.45, 7) is 2.77. The van der Waals surface area contributed by atoms with Gasteiger partial charge in [-0.15, -0.1) is 0 Å². The predicted octanol–water partition coefficient (Wildman–Crippen LogP) is 4.95. The summed E-state index contributed by atoms with van der Waals surface area (Å²) < 4.78 is 25.6. The number of nitrogens with zero attached hydrogens (tertiary/aromatic N) is 4. The molecule has 0 amide bonds. The van der Waals surface area contributed by atoms with Crippen molar-refractivity contribution in [1.29, 1.82) is 0 Å². The average Bonchev–Trinajstić information content (AvgIpc) is 3.56. The normalized spacial score (nSPS) is 18.6. The zero-order valence-corrected chi connectivity index (χ0v) is 22.1. The van der Waals surface area contributed by atoms with Gasteiger partial charge in [-0.2, -0.15) is 5.10 Å². The molecule has 1 N–H and O–H groups in total. The smallest absolute Gasteiger partial charge is 0.164 e. The molecule has 2 aromatic carbocycles. The van der Waals surface area contributed by atoms with Gasteiger partial charge in [0.2, 0.25) is 0 Å². The van der Waals surface area contributed by atoms with E-state index in [4.69, 9.17) is 44.9 Å². The predicted molar refractivity (Wildman–Crippen MR) is 142 cm³/mol. The second kappa shape index (κ2) is 9.75. The molecule has 2 fully saturated rings. The summed E-state index contributed by atoms with van der Waals surface area (Å²) in [6.07, 6.45) is 2.04. The van der Waals surface area contributed by atoms with Gasteiger partial charge >= 0.3 is 0 Å². The molecule has 1 saturated carbocycles. The minimum Gasteiger partial charge on any atom is -0.301 e. The van der Waals surface area contributed by atoms with Gasteiger partial charge in [0.05, 0.1) is 34.0 Å². The highest BCUT2D eigenvalue weighted by Gasteiger charge is 2.29. The van der Waals surface area contributed by atoms with E-state index < -0.39 is 9.84 Å². The van der Waals surface area contributed by atoms with Crippen LogP contribution in [0.3, 0.4) is 0 Å². The quantitative estimate of drug-likeness (QED) is 0.358. The number of halogens is 3. The maximum Gasteiger partial charge on any atom is 0.164 e. The molecule has 35 heavy (non-hydrogen) atoms. The lowest BCUT2D eigenvalue weighted by Gasteiger charge is -2.28. The van der Waals surface area contributed by atoms with Crippen LogP contribution in [0.5, 0.6) is 0 Å². The topological polar surface area (TPSA) is 79.6 Å². The third-order valence-electron chi connectivity index (χ3n) is 6.07. The molecule has 3 aromatic rings. The fourth-order valence-corrected chi connectivity index (χ4v) is 5.81. The standard InChI is InChI=1S/C24H24Cl3N5O2S/c1-15-22(24(28-19-7-8-19)30-31-10-12-35(33,34)13-11-31)29-32(21-9-6-18(26)14-20(21)27)23(15)16-2-4-17(25)5-3-16/h2-6,9,14,19H,7-8,10-13H2,1H3,(H,28,30). The Morgan fingerprint density at radius 3 is 2.31 bits per heavy atom. The molecular formula is C24H24Cl3N5O2S. The van der Waals surface area contributed by atoms with Crippen molar-refractivity contribution in [3.63, 3.8) is 0 Å². The van der Waals surface area contributed by atoms with Crippen molar-refractivity contribution in [1.82, 2.24) is 20.2 Å². The van der Waals surface area contributed by atoms with E-state index >= 15 is 0 Å². The van der Waals surface area contributed by atoms with Crippen molar-refractivity contribution in [3.05, 3.63) is 68.8 Å². The van der Waals surface area contributed by atoms with Crippen molar-refractivity contribution in [2.24, 2.45) is 4.99 Å². The fourth-order valence-electron chi connectivity index (χ4n) is 4.00. The van der Waals surface area contributed by atoms with Gasteiger partial charge in [0, 0.05) is 34.3 Å². The molecule has 0 radical (unpaired) electrons. The van der Waals surface area contributed by atoms with Gasteiger partial charge in [0.15, 0.2) is 15.7 Å². The Morgan fingerprint density at radius 2 is 1.69 bits per heavy atom. The first-order valence-electron chi connectivity index (χ1n) is 11.3. The summed E-state index contributed by atoms with van der Waals surface area (Å²) in [5.74, 6) is 0.851. The van der Waals surface area contributed by atoms with E-state index in [9.17, 15) is 8.42 Å². The molecule has 1 aliphatic heterocycles. The molecule has 0 unspecified atom stereocenters. The molecule has 184 valence electrons. The van der Waals surface area contributed by atoms with Crippen LogP contribution in [-0.4, -0.2) is 59.7 Å². The number of hydrogen-bond acceptors (Lipinski definition) is 5. The van der Waals surface area contributed by atoms with Gasteiger partial charge in [0.1, 0.15) is 5.69 Å². The Morgan fingerprint density at radius 1 is 1.03 bits per heavy atom. The second-order valence-electron chi connectivity index (χ2n) is 8.80. The number of rotatable bonds is 5. The number of amidine groups is 1. The lowest BCUT2D eigenvalue weighted by atomic mass is 10.1. The van der Waals surface area contributed by atoms with Crippen LogP contribution in [0, 0.1) is 6.92 Å². The minimum absolute atomic E-state index is 0.112. The molecule has 0 spiro atoms. The van der Waals surface area contributed by atoms with Gasteiger partial charge in [-0.05, 0) is 50.1 Å². The number of aliphatic imine (C=N–C) groups is 1. The van der Waals surface area contributed by atoms with E-state index in [2.05, 4.69) is 5.43 Å². The zero-order valence-electron chi connectivity index (χ0n) is 19.0. The number of sulfone groups is 1. The first-order valence-corrected chi connectivity index (χ1v) is 14.3. The minimum atomic E-state index is -3.00. The van der Waals surface area contributed by atoms with Crippen LogP contribution in [-0.2, 0) is 9.84 Å².